The molecule has 2 fully saturated rings. The second kappa shape index (κ2) is 9.55. The number of halogens is 1. The fourth-order valence-corrected chi connectivity index (χ4v) is 3.57. The van der Waals surface area contributed by atoms with E-state index in [1.807, 2.05) is 26.1 Å². The summed E-state index contributed by atoms with van der Waals surface area (Å²) >= 11 is 0. The van der Waals surface area contributed by atoms with Crippen LogP contribution in [0, 0.1) is 5.41 Å². The number of likely N-dealkylation sites (tertiary alicyclic amines) is 1. The van der Waals surface area contributed by atoms with Gasteiger partial charge in [-0.15, -0.1) is 24.0 Å². The molecule has 1 N–H and O–H groups in total. The smallest absolute Gasteiger partial charge is 0.338 e. The van der Waals surface area contributed by atoms with Crippen molar-refractivity contribution < 1.29 is 14.3 Å². The summed E-state index contributed by atoms with van der Waals surface area (Å²) in [6, 6.07) is 7.50. The van der Waals surface area contributed by atoms with Gasteiger partial charge in [0.05, 0.1) is 18.8 Å². The van der Waals surface area contributed by atoms with E-state index in [2.05, 4.69) is 15.2 Å². The van der Waals surface area contributed by atoms with Crippen molar-refractivity contribution in [3.05, 3.63) is 35.4 Å². The molecule has 1 unspecified atom stereocenters. The number of benzene rings is 1. The van der Waals surface area contributed by atoms with Crippen molar-refractivity contribution in [3.8, 4) is 0 Å². The summed E-state index contributed by atoms with van der Waals surface area (Å²) in [6.07, 6.45) is 2.32. The Morgan fingerprint density at radius 2 is 2.12 bits per heavy atom. The fourth-order valence-electron chi connectivity index (χ4n) is 3.57. The number of carbonyl (C=O) groups excluding carboxylic acids is 1. The number of carbonyl (C=O) groups is 1. The van der Waals surface area contributed by atoms with Crippen molar-refractivity contribution in [2.45, 2.75) is 26.3 Å². The van der Waals surface area contributed by atoms with E-state index in [4.69, 9.17) is 9.47 Å². The number of hydrogen-bond donors (Lipinski definition) is 1. The number of nitrogens with one attached hydrogen (secondary N) is 1. The average Bonchev–Trinajstić information content (AvgIpc) is 3.26. The van der Waals surface area contributed by atoms with E-state index in [9.17, 15) is 4.79 Å². The van der Waals surface area contributed by atoms with Crippen molar-refractivity contribution in [1.82, 2.24) is 10.2 Å². The number of nitrogens with zero attached hydrogens (tertiary/aromatic N) is 2. The molecular formula is C19H28IN3O3. The molecule has 144 valence electrons. The predicted octanol–water partition coefficient (Wildman–Crippen LogP) is 2.67. The number of ether oxygens (including phenoxy) is 2. The molecule has 0 radical (unpaired) electrons. The van der Waals surface area contributed by atoms with Crippen LogP contribution < -0.4 is 5.32 Å². The fraction of sp³-hybridized carbons (Fsp3) is 0.579. The first kappa shape index (κ1) is 21.0. The maximum Gasteiger partial charge on any atom is 0.338 e. The highest BCUT2D eigenvalue weighted by atomic mass is 127. The van der Waals surface area contributed by atoms with Gasteiger partial charge in [-0.1, -0.05) is 12.1 Å². The third-order valence-electron chi connectivity index (χ3n) is 5.05. The molecule has 1 aromatic rings. The second-order valence-corrected chi connectivity index (χ2v) is 6.79. The molecule has 6 nitrogen and oxygen atoms in total. The molecule has 1 atom stereocenters. The van der Waals surface area contributed by atoms with Crippen LogP contribution in [-0.4, -0.2) is 56.8 Å². The van der Waals surface area contributed by atoms with E-state index in [0.29, 0.717) is 24.1 Å². The average molecular weight is 473 g/mol. The van der Waals surface area contributed by atoms with Crippen molar-refractivity contribution in [3.63, 3.8) is 0 Å². The van der Waals surface area contributed by atoms with Gasteiger partial charge in [0.1, 0.15) is 0 Å². The third-order valence-corrected chi connectivity index (χ3v) is 5.05. The van der Waals surface area contributed by atoms with Gasteiger partial charge in [-0.2, -0.15) is 0 Å². The van der Waals surface area contributed by atoms with Gasteiger partial charge in [-0.05, 0) is 37.5 Å². The van der Waals surface area contributed by atoms with Crippen LogP contribution in [0.4, 0.5) is 0 Å². The molecule has 2 aliphatic heterocycles. The van der Waals surface area contributed by atoms with Gasteiger partial charge in [0, 0.05) is 38.7 Å². The Morgan fingerprint density at radius 3 is 2.73 bits per heavy atom. The Bertz CT molecular complexity index is 627. The molecule has 0 saturated carbocycles. The minimum Gasteiger partial charge on any atom is -0.462 e. The van der Waals surface area contributed by atoms with E-state index in [-0.39, 0.29) is 29.9 Å². The monoisotopic (exact) mass is 473 g/mol. The Hall–Kier alpha value is -1.35. The van der Waals surface area contributed by atoms with Crippen LogP contribution in [0.25, 0.3) is 0 Å². The molecule has 2 saturated heterocycles. The van der Waals surface area contributed by atoms with Crippen molar-refractivity contribution in [2.75, 3.05) is 40.0 Å². The number of esters is 1. The first-order valence-corrected chi connectivity index (χ1v) is 8.95. The van der Waals surface area contributed by atoms with Gasteiger partial charge in [0.15, 0.2) is 5.96 Å². The largest absolute Gasteiger partial charge is 0.462 e. The Balaban J connectivity index is 0.00000243. The minimum atomic E-state index is -0.279. The molecule has 0 aliphatic carbocycles. The number of aliphatic imine (C=N–C) groups is 1. The SMILES string of the molecule is CCOC(=O)c1ccc(CNC(=NC)N2CCC3(CCOC3)C2)cc1.I. The van der Waals surface area contributed by atoms with Gasteiger partial charge in [0.25, 0.3) is 0 Å². The van der Waals surface area contributed by atoms with Crippen LogP contribution >= 0.6 is 24.0 Å². The molecule has 0 aromatic heterocycles. The van der Waals surface area contributed by atoms with Gasteiger partial charge in [0.2, 0.25) is 0 Å². The molecule has 2 heterocycles. The maximum absolute atomic E-state index is 11.7. The number of guanidine groups is 1. The molecule has 1 aromatic carbocycles. The summed E-state index contributed by atoms with van der Waals surface area (Å²) < 4.78 is 10.6. The lowest BCUT2D eigenvalue weighted by Gasteiger charge is -2.25. The van der Waals surface area contributed by atoms with Gasteiger partial charge >= 0.3 is 5.97 Å². The van der Waals surface area contributed by atoms with Gasteiger partial charge < -0.3 is 19.7 Å². The lowest BCUT2D eigenvalue weighted by molar-refractivity contribution is 0.0526. The minimum absolute atomic E-state index is 0. The van der Waals surface area contributed by atoms with E-state index in [0.717, 1.165) is 44.2 Å². The Labute approximate surface area is 172 Å². The van der Waals surface area contributed by atoms with Gasteiger partial charge in [-0.3, -0.25) is 4.99 Å². The summed E-state index contributed by atoms with van der Waals surface area (Å²) in [7, 11) is 1.82. The highest BCUT2D eigenvalue weighted by molar-refractivity contribution is 14.0. The lowest BCUT2D eigenvalue weighted by atomic mass is 9.87. The van der Waals surface area contributed by atoms with E-state index in [1.165, 1.54) is 6.42 Å². The summed E-state index contributed by atoms with van der Waals surface area (Å²) in [6.45, 7) is 6.65. The Kier molecular flexibility index (Phi) is 7.69. The summed E-state index contributed by atoms with van der Waals surface area (Å²) in [5, 5.41) is 3.43. The van der Waals surface area contributed by atoms with Crippen LogP contribution in [0.2, 0.25) is 0 Å². The molecular weight excluding hydrogens is 445 g/mol. The highest BCUT2D eigenvalue weighted by Gasteiger charge is 2.42. The van der Waals surface area contributed by atoms with E-state index >= 15 is 0 Å². The highest BCUT2D eigenvalue weighted by Crippen LogP contribution is 2.38. The third kappa shape index (κ3) is 4.88. The standard InChI is InChI=1S/C19H27N3O3.HI/c1-3-25-17(23)16-6-4-15(5-7-16)12-21-18(20-2)22-10-8-19(13-22)9-11-24-14-19;/h4-7H,3,8-14H2,1-2H3,(H,20,21);1H. The van der Waals surface area contributed by atoms with E-state index in [1.54, 1.807) is 12.1 Å². The normalized spacial score (nSPS) is 22.4. The first-order valence-electron chi connectivity index (χ1n) is 8.95. The van der Waals surface area contributed by atoms with Crippen molar-refractivity contribution in [2.24, 2.45) is 10.4 Å². The number of rotatable bonds is 4. The zero-order valence-electron chi connectivity index (χ0n) is 15.5. The van der Waals surface area contributed by atoms with Crippen molar-refractivity contribution in [1.29, 1.82) is 0 Å². The zero-order valence-corrected chi connectivity index (χ0v) is 17.8. The van der Waals surface area contributed by atoms with Crippen LogP contribution in [0.1, 0.15) is 35.7 Å². The van der Waals surface area contributed by atoms with Crippen LogP contribution in [0.5, 0.6) is 0 Å². The quantitative estimate of drug-likeness (QED) is 0.316. The summed E-state index contributed by atoms with van der Waals surface area (Å²) in [5.41, 5.74) is 2.00. The summed E-state index contributed by atoms with van der Waals surface area (Å²) in [4.78, 5) is 18.4. The molecule has 0 bridgehead atoms. The maximum atomic E-state index is 11.7. The Morgan fingerprint density at radius 1 is 1.35 bits per heavy atom. The number of hydrogen-bond acceptors (Lipinski definition) is 4. The molecule has 2 aliphatic rings. The van der Waals surface area contributed by atoms with Gasteiger partial charge in [-0.25, -0.2) is 4.79 Å². The van der Waals surface area contributed by atoms with E-state index < -0.39 is 0 Å². The summed E-state index contributed by atoms with van der Waals surface area (Å²) in [5.74, 6) is 0.650. The van der Waals surface area contributed by atoms with Crippen LogP contribution in [-0.2, 0) is 16.0 Å². The molecule has 1 spiro atoms. The molecule has 7 heteroatoms. The molecule has 3 rings (SSSR count). The van der Waals surface area contributed by atoms with Crippen molar-refractivity contribution >= 4 is 35.9 Å². The predicted molar refractivity (Wildman–Crippen MR) is 112 cm³/mol. The topological polar surface area (TPSA) is 63.2 Å². The van der Waals surface area contributed by atoms with Crippen LogP contribution in [0.15, 0.2) is 29.3 Å². The molecule has 26 heavy (non-hydrogen) atoms. The zero-order chi connectivity index (χ0) is 17.7. The van der Waals surface area contributed by atoms with Crippen LogP contribution in [0.3, 0.4) is 0 Å². The first-order chi connectivity index (χ1) is 12.2. The lowest BCUT2D eigenvalue weighted by Crippen LogP contribution is -2.41. The second-order valence-electron chi connectivity index (χ2n) is 6.79. The molecule has 0 amide bonds.